The van der Waals surface area contributed by atoms with Crippen LogP contribution in [0.4, 0.5) is 0 Å². The van der Waals surface area contributed by atoms with Crippen molar-refractivity contribution in [2.24, 2.45) is 0 Å². The van der Waals surface area contributed by atoms with Crippen molar-refractivity contribution in [3.63, 3.8) is 0 Å². The number of rotatable bonds is 9. The lowest BCUT2D eigenvalue weighted by Gasteiger charge is -2.12. The fourth-order valence-electron chi connectivity index (χ4n) is 2.33. The summed E-state index contributed by atoms with van der Waals surface area (Å²) in [5.74, 6) is 0. The van der Waals surface area contributed by atoms with Crippen LogP contribution in [0.3, 0.4) is 0 Å². The van der Waals surface area contributed by atoms with Gasteiger partial charge in [0.15, 0.2) is 0 Å². The first-order chi connectivity index (χ1) is 11.6. The smallest absolute Gasteiger partial charge is 0.0560 e. The largest absolute Gasteiger partial charge is 0.313 e. The van der Waals surface area contributed by atoms with Gasteiger partial charge in [0.25, 0.3) is 0 Å². The first-order valence-corrected chi connectivity index (χ1v) is 9.70. The van der Waals surface area contributed by atoms with Crippen molar-refractivity contribution in [3.8, 4) is 0 Å². The van der Waals surface area contributed by atoms with E-state index in [2.05, 4.69) is 48.6 Å². The molecule has 1 N–H and O–H groups in total. The zero-order chi connectivity index (χ0) is 17.4. The minimum Gasteiger partial charge on any atom is -0.313 e. The van der Waals surface area contributed by atoms with Crippen LogP contribution in [0, 0.1) is 0 Å². The van der Waals surface area contributed by atoms with Gasteiger partial charge in [-0.2, -0.15) is 0 Å². The van der Waals surface area contributed by atoms with Gasteiger partial charge in [-0.1, -0.05) is 53.2 Å². The normalized spacial score (nSPS) is 11.2. The molecule has 2 nitrogen and oxygen atoms in total. The summed E-state index contributed by atoms with van der Waals surface area (Å²) in [6.07, 6.45) is 2.41. The Hall–Kier alpha value is -0.710. The molecule has 0 atom stereocenters. The molecule has 5 heteroatoms. The molecule has 0 spiro atoms. The number of halogens is 2. The van der Waals surface area contributed by atoms with Gasteiger partial charge in [-0.3, -0.25) is 0 Å². The van der Waals surface area contributed by atoms with E-state index in [1.54, 1.807) is 17.8 Å². The molecule has 130 valence electrons. The lowest BCUT2D eigenvalue weighted by Crippen LogP contribution is -2.18. The van der Waals surface area contributed by atoms with E-state index in [4.69, 9.17) is 23.2 Å². The summed E-state index contributed by atoms with van der Waals surface area (Å²) in [7, 11) is 4.23. The molecular weight excluding hydrogens is 359 g/mol. The van der Waals surface area contributed by atoms with Gasteiger partial charge in [0.2, 0.25) is 0 Å². The number of unbranched alkanes of at least 4 members (excludes halogenated alkanes) is 1. The minimum absolute atomic E-state index is 0.664. The van der Waals surface area contributed by atoms with Crippen molar-refractivity contribution < 1.29 is 0 Å². The Morgan fingerprint density at radius 2 is 1.79 bits per heavy atom. The molecule has 0 bridgehead atoms. The highest BCUT2D eigenvalue weighted by molar-refractivity contribution is 7.99. The van der Waals surface area contributed by atoms with E-state index in [9.17, 15) is 0 Å². The topological polar surface area (TPSA) is 15.3 Å². The Morgan fingerprint density at radius 3 is 2.54 bits per heavy atom. The zero-order valence-corrected chi connectivity index (χ0v) is 16.5. The van der Waals surface area contributed by atoms with E-state index in [-0.39, 0.29) is 0 Å². The predicted octanol–water partition coefficient (Wildman–Crippen LogP) is 5.58. The van der Waals surface area contributed by atoms with Crippen LogP contribution in [0.2, 0.25) is 10.0 Å². The van der Waals surface area contributed by atoms with E-state index in [1.807, 2.05) is 12.1 Å². The van der Waals surface area contributed by atoms with Crippen molar-refractivity contribution in [2.45, 2.75) is 29.2 Å². The lowest BCUT2D eigenvalue weighted by atomic mass is 10.2. The summed E-state index contributed by atoms with van der Waals surface area (Å²) in [4.78, 5) is 4.48. The molecule has 24 heavy (non-hydrogen) atoms. The second-order valence-corrected chi connectivity index (χ2v) is 7.90. The maximum atomic E-state index is 6.29. The molecule has 0 aliphatic heterocycles. The molecule has 2 aromatic carbocycles. The van der Waals surface area contributed by atoms with E-state index in [0.29, 0.717) is 10.0 Å². The van der Waals surface area contributed by atoms with Crippen LogP contribution in [-0.4, -0.2) is 32.1 Å². The van der Waals surface area contributed by atoms with Gasteiger partial charge in [0.1, 0.15) is 0 Å². The third kappa shape index (κ3) is 6.66. The predicted molar refractivity (Wildman–Crippen MR) is 107 cm³/mol. The van der Waals surface area contributed by atoms with Crippen LogP contribution >= 0.6 is 35.0 Å². The Bertz CT molecular complexity index is 647. The minimum atomic E-state index is 0.664. The molecule has 0 aromatic heterocycles. The van der Waals surface area contributed by atoms with Gasteiger partial charge in [-0.05, 0) is 69.9 Å². The molecule has 0 aliphatic rings. The Morgan fingerprint density at radius 1 is 1.00 bits per heavy atom. The molecule has 2 aromatic rings. The van der Waals surface area contributed by atoms with E-state index in [1.165, 1.54) is 23.3 Å². The van der Waals surface area contributed by atoms with Crippen LogP contribution in [-0.2, 0) is 6.54 Å². The fraction of sp³-hybridized carbons (Fsp3) is 0.368. The second-order valence-electron chi connectivity index (χ2n) is 5.97. The highest BCUT2D eigenvalue weighted by atomic mass is 35.5. The summed E-state index contributed by atoms with van der Waals surface area (Å²) in [6.45, 7) is 3.05. The fourth-order valence-corrected chi connectivity index (χ4v) is 3.80. The van der Waals surface area contributed by atoms with Crippen molar-refractivity contribution in [2.75, 3.05) is 27.2 Å². The quantitative estimate of drug-likeness (QED) is 0.570. The Balaban J connectivity index is 1.90. The maximum absolute atomic E-state index is 6.29. The number of nitrogens with one attached hydrogen (secondary N) is 1. The van der Waals surface area contributed by atoms with Gasteiger partial charge in [-0.15, -0.1) is 0 Å². The van der Waals surface area contributed by atoms with Crippen LogP contribution in [0.25, 0.3) is 0 Å². The van der Waals surface area contributed by atoms with Crippen molar-refractivity contribution in [1.29, 1.82) is 0 Å². The van der Waals surface area contributed by atoms with Crippen molar-refractivity contribution in [1.82, 2.24) is 10.2 Å². The Labute approximate surface area is 159 Å². The summed E-state index contributed by atoms with van der Waals surface area (Å²) >= 11 is 14.0. The van der Waals surface area contributed by atoms with Gasteiger partial charge in [0.05, 0.1) is 5.02 Å². The average molecular weight is 383 g/mol. The number of benzene rings is 2. The molecule has 0 saturated carbocycles. The molecule has 0 radical (unpaired) electrons. The van der Waals surface area contributed by atoms with Crippen LogP contribution in [0.5, 0.6) is 0 Å². The van der Waals surface area contributed by atoms with Gasteiger partial charge in [-0.25, -0.2) is 0 Å². The van der Waals surface area contributed by atoms with Crippen LogP contribution in [0.15, 0.2) is 52.3 Å². The molecule has 0 aliphatic carbocycles. The third-order valence-electron chi connectivity index (χ3n) is 3.61. The molecule has 0 fully saturated rings. The summed E-state index contributed by atoms with van der Waals surface area (Å²) in [6, 6.07) is 14.1. The van der Waals surface area contributed by atoms with Crippen LogP contribution in [0.1, 0.15) is 18.4 Å². The number of hydrogen-bond acceptors (Lipinski definition) is 3. The average Bonchev–Trinajstić information content (AvgIpc) is 2.54. The summed E-state index contributed by atoms with van der Waals surface area (Å²) < 4.78 is 0. The van der Waals surface area contributed by atoms with E-state index >= 15 is 0 Å². The number of nitrogens with zero attached hydrogens (tertiary/aromatic N) is 1. The summed E-state index contributed by atoms with van der Waals surface area (Å²) in [5.41, 5.74) is 1.29. The molecule has 0 heterocycles. The van der Waals surface area contributed by atoms with E-state index in [0.717, 1.165) is 24.5 Å². The standard InChI is InChI=1S/C19H24Cl2N2S/c1-23(2)12-6-5-11-22-14-15-7-3-4-8-18(15)24-19-10-9-16(20)13-17(19)21/h3-4,7-10,13,22H,5-6,11-12,14H2,1-2H3. The number of hydrogen-bond donors (Lipinski definition) is 1. The first-order valence-electron chi connectivity index (χ1n) is 8.12. The zero-order valence-electron chi connectivity index (χ0n) is 14.2. The molecule has 0 amide bonds. The third-order valence-corrected chi connectivity index (χ3v) is 5.46. The molecule has 0 unspecified atom stereocenters. The molecule has 2 rings (SSSR count). The SMILES string of the molecule is CN(C)CCCCNCc1ccccc1Sc1ccc(Cl)cc1Cl. The highest BCUT2D eigenvalue weighted by Gasteiger charge is 2.07. The van der Waals surface area contributed by atoms with Crippen molar-refractivity contribution in [3.05, 3.63) is 58.1 Å². The highest BCUT2D eigenvalue weighted by Crippen LogP contribution is 2.36. The monoisotopic (exact) mass is 382 g/mol. The summed E-state index contributed by atoms with van der Waals surface area (Å²) in [5, 5.41) is 4.90. The molecule has 0 saturated heterocycles. The molecular formula is C19H24Cl2N2S. The maximum Gasteiger partial charge on any atom is 0.0560 e. The Kier molecular flexibility index (Phi) is 8.43. The lowest BCUT2D eigenvalue weighted by molar-refractivity contribution is 0.391. The van der Waals surface area contributed by atoms with Gasteiger partial charge in [0, 0.05) is 21.4 Å². The van der Waals surface area contributed by atoms with Gasteiger partial charge < -0.3 is 10.2 Å². The van der Waals surface area contributed by atoms with E-state index < -0.39 is 0 Å². The van der Waals surface area contributed by atoms with Crippen molar-refractivity contribution >= 4 is 35.0 Å². The second kappa shape index (κ2) is 10.3. The first kappa shape index (κ1) is 19.6. The van der Waals surface area contributed by atoms with Gasteiger partial charge >= 0.3 is 0 Å². The van der Waals surface area contributed by atoms with Crippen LogP contribution < -0.4 is 5.32 Å².